The average Bonchev–Trinajstić information content (AvgIpc) is 3.17. The van der Waals surface area contributed by atoms with Gasteiger partial charge in [0.25, 0.3) is 5.91 Å². The van der Waals surface area contributed by atoms with Crippen molar-refractivity contribution in [2.75, 3.05) is 12.9 Å². The van der Waals surface area contributed by atoms with Crippen LogP contribution >= 0.6 is 0 Å². The molecule has 3 N–H and O–H groups in total. The fourth-order valence-corrected chi connectivity index (χ4v) is 3.47. The van der Waals surface area contributed by atoms with E-state index in [2.05, 4.69) is 9.71 Å². The number of hydrogen-bond donors (Lipinski definition) is 3. The summed E-state index contributed by atoms with van der Waals surface area (Å²) in [4.78, 5) is 15.5. The molecule has 32 heavy (non-hydrogen) atoms. The van der Waals surface area contributed by atoms with Crippen molar-refractivity contribution in [3.63, 3.8) is 0 Å². The summed E-state index contributed by atoms with van der Waals surface area (Å²) in [6.07, 6.45) is -0.301. The van der Waals surface area contributed by atoms with E-state index in [0.717, 1.165) is 17.4 Å². The second kappa shape index (κ2) is 9.67. The lowest BCUT2D eigenvalue weighted by Crippen LogP contribution is -2.43. The highest BCUT2D eigenvalue weighted by atomic mass is 32.2. The van der Waals surface area contributed by atoms with Crippen molar-refractivity contribution in [3.8, 4) is 11.1 Å². The molecular formula is C20H21F3N4O4S. The van der Waals surface area contributed by atoms with Gasteiger partial charge in [-0.25, -0.2) is 22.5 Å². The number of fused-ring (bicyclic) bond motifs is 1. The van der Waals surface area contributed by atoms with Gasteiger partial charge in [0.2, 0.25) is 10.0 Å². The van der Waals surface area contributed by atoms with Gasteiger partial charge in [-0.1, -0.05) is 24.3 Å². The summed E-state index contributed by atoms with van der Waals surface area (Å²) in [6, 6.07) is 8.42. The van der Waals surface area contributed by atoms with Crippen LogP contribution in [-0.2, 0) is 21.4 Å². The lowest BCUT2D eigenvalue weighted by Gasteiger charge is -2.22. The molecule has 1 amide bonds. The Morgan fingerprint density at radius 3 is 2.47 bits per heavy atom. The first-order valence-electron chi connectivity index (χ1n) is 9.42. The highest BCUT2D eigenvalue weighted by Crippen LogP contribution is 2.25. The minimum Gasteiger partial charge on any atom is -0.386 e. The number of carbonyl (C=O) groups is 1. The Morgan fingerprint density at radius 1 is 1.19 bits per heavy atom. The van der Waals surface area contributed by atoms with E-state index in [1.54, 1.807) is 46.4 Å². The topological polar surface area (TPSA) is 113 Å². The zero-order valence-corrected chi connectivity index (χ0v) is 17.7. The maximum absolute atomic E-state index is 13.2. The number of aromatic nitrogens is 2. The second-order valence-electron chi connectivity index (χ2n) is 7.14. The lowest BCUT2D eigenvalue weighted by atomic mass is 9.99. The molecule has 0 saturated heterocycles. The Labute approximate surface area is 182 Å². The summed E-state index contributed by atoms with van der Waals surface area (Å²) >= 11 is 0. The number of benzene rings is 1. The van der Waals surface area contributed by atoms with Gasteiger partial charge >= 0.3 is 6.43 Å². The number of amides is 1. The van der Waals surface area contributed by atoms with Crippen LogP contribution in [0.4, 0.5) is 13.2 Å². The molecule has 0 aliphatic rings. The Balaban J connectivity index is 1.76. The molecule has 2 heterocycles. The van der Waals surface area contributed by atoms with E-state index in [1.807, 2.05) is 0 Å². The first-order valence-corrected chi connectivity index (χ1v) is 11.3. The molecule has 0 fully saturated rings. The van der Waals surface area contributed by atoms with Crippen LogP contribution in [0.3, 0.4) is 0 Å². The van der Waals surface area contributed by atoms with Gasteiger partial charge in [0.1, 0.15) is 18.4 Å². The van der Waals surface area contributed by atoms with Crippen LogP contribution in [-0.4, -0.2) is 54.2 Å². The molecule has 3 rings (SSSR count). The van der Waals surface area contributed by atoms with Crippen molar-refractivity contribution in [1.29, 1.82) is 0 Å². The number of aliphatic hydroxyl groups excluding tert-OH is 1. The van der Waals surface area contributed by atoms with Crippen molar-refractivity contribution in [3.05, 3.63) is 60.0 Å². The quantitative estimate of drug-likeness (QED) is 0.442. The van der Waals surface area contributed by atoms with Crippen molar-refractivity contribution in [2.24, 2.45) is 0 Å². The molecule has 12 heteroatoms. The first-order chi connectivity index (χ1) is 15.1. The molecule has 2 unspecified atom stereocenters. The monoisotopic (exact) mass is 470 g/mol. The number of nitrogens with one attached hydrogen (secondary N) is 2. The molecule has 0 aliphatic carbocycles. The van der Waals surface area contributed by atoms with Crippen LogP contribution in [0.2, 0.25) is 0 Å². The number of rotatable bonds is 9. The summed E-state index contributed by atoms with van der Waals surface area (Å²) < 4.78 is 64.5. The molecule has 1 aromatic carbocycles. The SMILES string of the molecule is CS(=O)(=O)NCc1cn2ccc(-c3ccc(C(O)C(CF)NC(=O)C(F)F)cc3)cc2n1. The van der Waals surface area contributed by atoms with Gasteiger partial charge < -0.3 is 14.8 Å². The fraction of sp³-hybridized carbons (Fsp3) is 0.300. The number of halogens is 3. The molecule has 8 nitrogen and oxygen atoms in total. The molecular weight excluding hydrogens is 449 g/mol. The Kier molecular flexibility index (Phi) is 7.16. The predicted octanol–water partition coefficient (Wildman–Crippen LogP) is 1.80. The van der Waals surface area contributed by atoms with Crippen LogP contribution in [0.15, 0.2) is 48.8 Å². The van der Waals surface area contributed by atoms with E-state index in [-0.39, 0.29) is 12.1 Å². The fourth-order valence-electron chi connectivity index (χ4n) is 3.06. The molecule has 0 aliphatic heterocycles. The van der Waals surface area contributed by atoms with E-state index in [0.29, 0.717) is 11.3 Å². The van der Waals surface area contributed by atoms with Gasteiger partial charge in [-0.2, -0.15) is 8.78 Å². The third kappa shape index (κ3) is 5.84. The van der Waals surface area contributed by atoms with Crippen molar-refractivity contribution in [2.45, 2.75) is 25.1 Å². The van der Waals surface area contributed by atoms with E-state index in [4.69, 9.17) is 0 Å². The summed E-state index contributed by atoms with van der Waals surface area (Å²) in [6.45, 7) is -1.16. The average molecular weight is 470 g/mol. The van der Waals surface area contributed by atoms with Gasteiger partial charge in [0, 0.05) is 12.4 Å². The summed E-state index contributed by atoms with van der Waals surface area (Å²) in [5, 5.41) is 12.0. The third-order valence-electron chi connectivity index (χ3n) is 4.68. The smallest absolute Gasteiger partial charge is 0.315 e. The Morgan fingerprint density at radius 2 is 1.88 bits per heavy atom. The number of nitrogens with zero attached hydrogens (tertiary/aromatic N) is 2. The zero-order chi connectivity index (χ0) is 23.5. The molecule has 0 radical (unpaired) electrons. The normalized spacial score (nSPS) is 13.9. The van der Waals surface area contributed by atoms with Crippen LogP contribution in [0.5, 0.6) is 0 Å². The Hall–Kier alpha value is -2.96. The number of aliphatic hydroxyl groups is 1. The maximum atomic E-state index is 13.2. The number of hydrogen-bond acceptors (Lipinski definition) is 5. The number of pyridine rings is 1. The van der Waals surface area contributed by atoms with Crippen molar-refractivity contribution < 1.29 is 31.5 Å². The minimum absolute atomic E-state index is 0.0558. The highest BCUT2D eigenvalue weighted by Gasteiger charge is 2.26. The van der Waals surface area contributed by atoms with E-state index < -0.39 is 41.2 Å². The predicted molar refractivity (Wildman–Crippen MR) is 111 cm³/mol. The lowest BCUT2D eigenvalue weighted by molar-refractivity contribution is -0.133. The Bertz CT molecular complexity index is 1200. The van der Waals surface area contributed by atoms with Crippen LogP contribution < -0.4 is 10.0 Å². The van der Waals surface area contributed by atoms with Crippen molar-refractivity contribution >= 4 is 21.6 Å². The molecule has 3 aromatic rings. The largest absolute Gasteiger partial charge is 0.386 e. The van der Waals surface area contributed by atoms with Crippen LogP contribution in [0, 0.1) is 0 Å². The highest BCUT2D eigenvalue weighted by molar-refractivity contribution is 7.88. The molecule has 2 atom stereocenters. The number of carbonyl (C=O) groups excluding carboxylic acids is 1. The van der Waals surface area contributed by atoms with E-state index in [1.165, 1.54) is 12.1 Å². The van der Waals surface area contributed by atoms with Crippen LogP contribution in [0.25, 0.3) is 16.8 Å². The van der Waals surface area contributed by atoms with E-state index in [9.17, 15) is 31.5 Å². The number of imidazole rings is 1. The maximum Gasteiger partial charge on any atom is 0.315 e. The zero-order valence-electron chi connectivity index (χ0n) is 16.9. The van der Waals surface area contributed by atoms with Gasteiger partial charge in [0.15, 0.2) is 0 Å². The minimum atomic E-state index is -3.34. The van der Waals surface area contributed by atoms with Gasteiger partial charge in [0.05, 0.1) is 24.5 Å². The summed E-state index contributed by atoms with van der Waals surface area (Å²) in [5.74, 6) is -1.65. The van der Waals surface area contributed by atoms with Gasteiger partial charge in [-0.3, -0.25) is 4.79 Å². The summed E-state index contributed by atoms with van der Waals surface area (Å²) in [7, 11) is -3.34. The molecule has 0 saturated carbocycles. The molecule has 0 spiro atoms. The van der Waals surface area contributed by atoms with Crippen LogP contribution in [0.1, 0.15) is 17.4 Å². The van der Waals surface area contributed by atoms with Gasteiger partial charge in [-0.05, 0) is 28.8 Å². The first kappa shape index (κ1) is 23.7. The molecule has 172 valence electrons. The summed E-state index contributed by atoms with van der Waals surface area (Å²) in [5.41, 5.74) is 2.90. The molecule has 2 aromatic heterocycles. The standard InChI is InChI=1S/C20H21F3N4O4S/c1-32(30,31)24-10-15-11-27-7-6-14(8-17(27)25-15)12-2-4-13(5-3-12)18(28)16(9-21)26-20(29)19(22)23/h2-8,11,16,18-19,24,28H,9-10H2,1H3,(H,26,29). The second-order valence-corrected chi connectivity index (χ2v) is 8.98. The van der Waals surface area contributed by atoms with Crippen molar-refractivity contribution in [1.82, 2.24) is 19.4 Å². The number of alkyl halides is 3. The van der Waals surface area contributed by atoms with E-state index >= 15 is 0 Å². The number of sulfonamides is 1. The third-order valence-corrected chi connectivity index (χ3v) is 5.35. The van der Waals surface area contributed by atoms with Gasteiger partial charge in [-0.15, -0.1) is 0 Å². The molecule has 0 bridgehead atoms.